The molecule has 4 aliphatic rings. The molecule has 0 aliphatic carbocycles. The molecule has 2 saturated heterocycles. The lowest BCUT2D eigenvalue weighted by Gasteiger charge is -2.37. The summed E-state index contributed by atoms with van der Waals surface area (Å²) in [7, 11) is 1.44. The fraction of sp³-hybridized carbons (Fsp3) is 0.444. The van der Waals surface area contributed by atoms with E-state index in [1.807, 2.05) is 0 Å². The number of primary amides is 1. The van der Waals surface area contributed by atoms with E-state index in [0.717, 1.165) is 24.8 Å². The molecule has 0 unspecified atom stereocenters. The van der Waals surface area contributed by atoms with Crippen molar-refractivity contribution in [3.63, 3.8) is 0 Å². The minimum atomic E-state index is -1.93. The van der Waals surface area contributed by atoms with Crippen LogP contribution in [0.3, 0.4) is 0 Å². The van der Waals surface area contributed by atoms with Gasteiger partial charge in [-0.15, -0.1) is 0 Å². The molecule has 30 nitrogen and oxygen atoms in total. The number of halogens is 3. The lowest BCUT2D eigenvalue weighted by Crippen LogP contribution is -2.64. The van der Waals surface area contributed by atoms with Crippen molar-refractivity contribution >= 4 is 92.7 Å². The molecule has 10 rings (SSSR count). The molecule has 33 heteroatoms. The van der Waals surface area contributed by atoms with Gasteiger partial charge in [0.25, 0.3) is 5.91 Å². The van der Waals surface area contributed by atoms with Crippen LogP contribution in [0.4, 0.5) is 13.2 Å². The van der Waals surface area contributed by atoms with Gasteiger partial charge in [-0.2, -0.15) is 0 Å². The lowest BCUT2D eigenvalue weighted by molar-refractivity contribution is -0.147. The standard InChI is InChI=1S/C72H88F3N15O15/c1-37-63(95)84-55(27-42-32-78-51-20-14-44(73)29-49(42)51)65(97)85-57(28-43-33-79-52-21-15-45(74)30-50(43)52)69(101)89-35-46(75)31-59(89)67(99)88-61(38(2)91)68(100)86-56(26-41-10-16-47(104-5)17-11-41)70(102)90-24-8-22-72(90,4)71(103)87-54(62(77)94)25-40-12-18-48(19-13-40)105-36-60(93)80-34-58(82-39(3)92)66(98)83-53(64(96)81-37)9-6-7-23-76/h10-21,29-30,32-33,37-38,46,53-59,61,78-79,91H,6-9,22-28,31,34-36,76H2,1-5H3,(H2,77,94)(H,80,93)(H,81,96)(H,82,92)(H,83,98)(H,84,95)(H,85,97)(H,86,100)(H,87,103)(H,88,99)/t37-,38+,46-,53-,54-,55-,56-,57-,58-,59-,61-,72-/m0/s1. The van der Waals surface area contributed by atoms with Crippen molar-refractivity contribution in [3.8, 4) is 11.5 Å². The number of benzene rings is 4. The normalized spacial score (nSPS) is 25.2. The van der Waals surface area contributed by atoms with E-state index in [1.165, 1.54) is 80.7 Å². The third kappa shape index (κ3) is 19.8. The van der Waals surface area contributed by atoms with Crippen LogP contribution >= 0.6 is 0 Å². The summed E-state index contributed by atoms with van der Waals surface area (Å²) in [6, 6.07) is 5.50. The highest BCUT2D eigenvalue weighted by Crippen LogP contribution is 2.32. The molecule has 6 aromatic rings. The quantitative estimate of drug-likeness (QED) is 0.0502. The fourth-order valence-electron chi connectivity index (χ4n) is 13.2. The molecule has 4 aliphatic heterocycles. The van der Waals surface area contributed by atoms with E-state index in [1.54, 1.807) is 36.4 Å². The van der Waals surface area contributed by atoms with Gasteiger partial charge in [-0.3, -0.25) is 57.5 Å². The smallest absolute Gasteiger partial charge is 0.258 e. The number of carbonyl (C=O) groups is 12. The van der Waals surface area contributed by atoms with Gasteiger partial charge in [0, 0.05) is 86.3 Å². The van der Waals surface area contributed by atoms with Crippen molar-refractivity contribution in [1.82, 2.24) is 67.6 Å². The van der Waals surface area contributed by atoms with Crippen LogP contribution in [-0.4, -0.2) is 208 Å². The highest BCUT2D eigenvalue weighted by Gasteiger charge is 2.50. The summed E-state index contributed by atoms with van der Waals surface area (Å²) >= 11 is 0. The van der Waals surface area contributed by atoms with E-state index in [-0.39, 0.29) is 79.3 Å². The number of amides is 12. The molecule has 12 amide bonds. The first-order valence-electron chi connectivity index (χ1n) is 34.5. The first kappa shape index (κ1) is 78.1. The Bertz CT molecular complexity index is 4210. The van der Waals surface area contributed by atoms with Crippen LogP contribution in [0.5, 0.6) is 11.5 Å². The highest BCUT2D eigenvalue weighted by molar-refractivity contribution is 6.01. The maximum absolute atomic E-state index is 16.2. The molecule has 12 atom stereocenters. The Hall–Kier alpha value is -11.1. The number of hydrogen-bond acceptors (Lipinski definition) is 16. The number of alkyl halides is 1. The average Bonchev–Trinajstić information content (AvgIpc) is 1.61. The Labute approximate surface area is 601 Å². The van der Waals surface area contributed by atoms with E-state index in [9.17, 15) is 52.6 Å². The average molecular weight is 1460 g/mol. The van der Waals surface area contributed by atoms with Gasteiger partial charge in [0.2, 0.25) is 65.0 Å². The molecule has 105 heavy (non-hydrogen) atoms. The van der Waals surface area contributed by atoms with Gasteiger partial charge < -0.3 is 93.7 Å². The van der Waals surface area contributed by atoms with Crippen molar-refractivity contribution in [2.75, 3.05) is 39.9 Å². The maximum atomic E-state index is 16.2. The number of nitrogens with one attached hydrogen (secondary N) is 11. The lowest BCUT2D eigenvalue weighted by atomic mass is 9.94. The summed E-state index contributed by atoms with van der Waals surface area (Å²) in [5.41, 5.74) is 12.3. The van der Waals surface area contributed by atoms with Gasteiger partial charge in [0.05, 0.1) is 19.8 Å². The van der Waals surface area contributed by atoms with Crippen LogP contribution in [-0.2, 0) is 83.2 Å². The maximum Gasteiger partial charge on any atom is 0.258 e. The molecular weight excluding hydrogens is 1370 g/mol. The first-order valence-corrected chi connectivity index (χ1v) is 34.5. The van der Waals surface area contributed by atoms with Crippen LogP contribution < -0.4 is 68.8 Å². The molecule has 16 N–H and O–H groups in total. The molecule has 0 radical (unpaired) electrons. The number of fused-ring (bicyclic) bond motifs is 31. The number of H-pyrrole nitrogens is 2. The zero-order chi connectivity index (χ0) is 76.0. The molecular formula is C72H88F3N15O15. The van der Waals surface area contributed by atoms with Crippen molar-refractivity contribution < 1.29 is 85.3 Å². The Morgan fingerprint density at radius 2 is 1.32 bits per heavy atom. The number of aliphatic hydroxyl groups is 1. The van der Waals surface area contributed by atoms with Crippen molar-refractivity contribution in [2.24, 2.45) is 11.5 Å². The third-order valence-electron chi connectivity index (χ3n) is 19.0. The van der Waals surface area contributed by atoms with Crippen LogP contribution in [0.1, 0.15) is 88.5 Å². The number of aromatic nitrogens is 2. The second kappa shape index (κ2) is 34.9. The Morgan fingerprint density at radius 3 is 1.93 bits per heavy atom. The number of ether oxygens (including phenoxy) is 2. The Morgan fingerprint density at radius 1 is 0.724 bits per heavy atom. The number of carbonyl (C=O) groups excluding carboxylic acids is 12. The van der Waals surface area contributed by atoms with Crippen molar-refractivity contribution in [3.05, 3.63) is 131 Å². The second-order valence-corrected chi connectivity index (χ2v) is 26.8. The van der Waals surface area contributed by atoms with Crippen LogP contribution in [0, 0.1) is 11.6 Å². The van der Waals surface area contributed by atoms with Crippen molar-refractivity contribution in [2.45, 2.75) is 164 Å². The molecule has 2 fully saturated rings. The molecule has 2 bridgehead atoms. The summed E-state index contributed by atoms with van der Waals surface area (Å²) in [5, 5.41) is 35.1. The topological polar surface area (TPSA) is 442 Å². The van der Waals surface area contributed by atoms with Gasteiger partial charge >= 0.3 is 0 Å². The number of unbranched alkanes of at least 4 members (excludes halogenated alkanes) is 1. The van der Waals surface area contributed by atoms with Crippen LogP contribution in [0.25, 0.3) is 21.8 Å². The minimum absolute atomic E-state index is 0.0231. The number of hydrogen-bond donors (Lipinski definition) is 14. The summed E-state index contributed by atoms with van der Waals surface area (Å²) in [4.78, 5) is 180. The third-order valence-corrected chi connectivity index (χ3v) is 19.0. The van der Waals surface area contributed by atoms with E-state index in [4.69, 9.17) is 20.9 Å². The number of aliphatic hydroxyl groups excluding tert-OH is 1. The van der Waals surface area contributed by atoms with Crippen molar-refractivity contribution in [1.29, 1.82) is 0 Å². The summed E-state index contributed by atoms with van der Waals surface area (Å²) in [6.45, 7) is 3.29. The molecule has 6 heterocycles. The molecule has 0 spiro atoms. The van der Waals surface area contributed by atoms with Gasteiger partial charge in [-0.25, -0.2) is 13.2 Å². The highest BCUT2D eigenvalue weighted by atomic mass is 19.1. The minimum Gasteiger partial charge on any atom is -0.497 e. The monoisotopic (exact) mass is 1460 g/mol. The number of rotatable bonds is 14. The molecule has 2 aromatic heterocycles. The summed E-state index contributed by atoms with van der Waals surface area (Å²) in [6.07, 6.45) is -1.85. The van der Waals surface area contributed by atoms with Gasteiger partial charge in [-0.1, -0.05) is 24.3 Å². The number of aromatic amines is 2. The summed E-state index contributed by atoms with van der Waals surface area (Å²) < 4.78 is 57.2. The van der Waals surface area contributed by atoms with Gasteiger partial charge in [0.1, 0.15) is 89.2 Å². The predicted octanol–water partition coefficient (Wildman–Crippen LogP) is -0.0514. The van der Waals surface area contributed by atoms with Gasteiger partial charge in [-0.05, 0) is 142 Å². The number of nitrogens with zero attached hydrogens (tertiary/aromatic N) is 2. The first-order chi connectivity index (χ1) is 50.0. The molecule has 562 valence electrons. The molecule has 4 aromatic carbocycles. The van der Waals surface area contributed by atoms with E-state index < -0.39 is 194 Å². The fourth-order valence-corrected chi connectivity index (χ4v) is 13.2. The summed E-state index contributed by atoms with van der Waals surface area (Å²) in [5.74, 6) is -12.0. The zero-order valence-electron chi connectivity index (χ0n) is 58.5. The van der Waals surface area contributed by atoms with E-state index >= 15 is 23.2 Å². The zero-order valence-corrected chi connectivity index (χ0v) is 58.5. The Balaban J connectivity index is 1.07. The molecule has 0 saturated carbocycles. The second-order valence-electron chi connectivity index (χ2n) is 26.8. The van der Waals surface area contributed by atoms with Crippen LogP contribution in [0.15, 0.2) is 97.3 Å². The number of methoxy groups -OCH3 is 1. The Kier molecular flexibility index (Phi) is 26.0. The number of nitrogens with two attached hydrogens (primary N) is 2. The SMILES string of the molecule is COc1ccc(C[C@@H]2NC(=O)[C@H]([C@@H](C)O)NC(=O)[C@@H]3C[C@H](F)CN3C(=O)[C@H](Cc3c[nH]c4ccc(F)cc34)NC(=O)[C@H](Cc3c[nH]c4ccc(F)cc34)NC(=O)[C@H](C)NC(=O)[C@H](CCCCN)NC(=O)[C@@H](NC(C)=O)CNC(=O)COc3ccc(cc3)C[C@@H](C(N)=O)NC(=O)[C@]3(C)CCCN3C2=O)cc1. The van der Waals surface area contributed by atoms with E-state index in [0.29, 0.717) is 34.3 Å². The van der Waals surface area contributed by atoms with E-state index in [2.05, 4.69) is 57.8 Å². The van der Waals surface area contributed by atoms with Gasteiger partial charge in [0.15, 0.2) is 6.61 Å². The largest absolute Gasteiger partial charge is 0.497 e. The van der Waals surface area contributed by atoms with Crippen LogP contribution in [0.2, 0.25) is 0 Å². The predicted molar refractivity (Wildman–Crippen MR) is 374 cm³/mol.